The highest BCUT2D eigenvalue weighted by Gasteiger charge is 2.29. The first-order valence-electron chi connectivity index (χ1n) is 6.88. The molecule has 0 bridgehead atoms. The molecule has 0 aromatic heterocycles. The Morgan fingerprint density at radius 3 is 2.90 bits per heavy atom. The number of halogens is 1. The summed E-state index contributed by atoms with van der Waals surface area (Å²) in [5, 5.41) is 2.79. The van der Waals surface area contributed by atoms with Gasteiger partial charge in [0.05, 0.1) is 12.6 Å². The smallest absolute Gasteiger partial charge is 0.237 e. The number of Topliss-reactive ketones (excluding diaryl/α,β-unsaturated/α-hetero) is 1. The number of carbonyl (C=O) groups excluding carboxylic acids is 2. The van der Waals surface area contributed by atoms with Crippen molar-refractivity contribution in [1.82, 2.24) is 10.2 Å². The summed E-state index contributed by atoms with van der Waals surface area (Å²) in [6.45, 7) is 3.33. The van der Waals surface area contributed by atoms with Crippen LogP contribution in [0.15, 0.2) is 24.3 Å². The van der Waals surface area contributed by atoms with Gasteiger partial charge in [0, 0.05) is 19.5 Å². The maximum atomic E-state index is 13.5. The van der Waals surface area contributed by atoms with Crippen LogP contribution in [0.2, 0.25) is 0 Å². The number of ketones is 1. The molecule has 1 atom stereocenters. The van der Waals surface area contributed by atoms with E-state index >= 15 is 0 Å². The lowest BCUT2D eigenvalue weighted by Gasteiger charge is -2.33. The molecule has 2 rings (SSSR count). The molecule has 1 aliphatic rings. The second kappa shape index (κ2) is 6.61. The standard InChI is InChI=1S/C15H19FN2O2/c1-2-14-15(20)17-7-8-18(14)10-12(19)9-11-5-3-4-6-13(11)16/h3-6,14H,2,7-10H2,1H3,(H,17,20). The molecule has 1 unspecified atom stereocenters. The molecule has 1 aliphatic heterocycles. The molecule has 1 N–H and O–H groups in total. The van der Waals surface area contributed by atoms with Crippen LogP contribution >= 0.6 is 0 Å². The highest BCUT2D eigenvalue weighted by molar-refractivity contribution is 5.86. The number of hydrogen-bond acceptors (Lipinski definition) is 3. The van der Waals surface area contributed by atoms with Crippen LogP contribution in [-0.2, 0) is 16.0 Å². The number of benzene rings is 1. The van der Waals surface area contributed by atoms with Gasteiger partial charge < -0.3 is 5.32 Å². The van der Waals surface area contributed by atoms with Crippen molar-refractivity contribution >= 4 is 11.7 Å². The van der Waals surface area contributed by atoms with Gasteiger partial charge in [-0.1, -0.05) is 25.1 Å². The fraction of sp³-hybridized carbons (Fsp3) is 0.467. The van der Waals surface area contributed by atoms with Crippen LogP contribution in [0.1, 0.15) is 18.9 Å². The Hall–Kier alpha value is -1.75. The van der Waals surface area contributed by atoms with Crippen molar-refractivity contribution in [2.24, 2.45) is 0 Å². The maximum Gasteiger partial charge on any atom is 0.237 e. The average molecular weight is 278 g/mol. The largest absolute Gasteiger partial charge is 0.353 e. The fourth-order valence-corrected chi connectivity index (χ4v) is 2.53. The Labute approximate surface area is 118 Å². The summed E-state index contributed by atoms with van der Waals surface area (Å²) in [6.07, 6.45) is 0.736. The van der Waals surface area contributed by atoms with Gasteiger partial charge in [0.1, 0.15) is 5.82 Å². The predicted octanol–water partition coefficient (Wildman–Crippen LogP) is 1.15. The summed E-state index contributed by atoms with van der Waals surface area (Å²) >= 11 is 0. The summed E-state index contributed by atoms with van der Waals surface area (Å²) in [6, 6.07) is 6.04. The summed E-state index contributed by atoms with van der Waals surface area (Å²) in [5.41, 5.74) is 0.409. The van der Waals surface area contributed by atoms with E-state index in [1.165, 1.54) is 6.07 Å². The molecule has 0 spiro atoms. The Balaban J connectivity index is 1.97. The van der Waals surface area contributed by atoms with E-state index < -0.39 is 0 Å². The molecule has 108 valence electrons. The van der Waals surface area contributed by atoms with E-state index in [1.54, 1.807) is 18.2 Å². The van der Waals surface area contributed by atoms with E-state index in [2.05, 4.69) is 5.32 Å². The molecule has 0 radical (unpaired) electrons. The molecular formula is C15H19FN2O2. The molecule has 5 heteroatoms. The van der Waals surface area contributed by atoms with Crippen LogP contribution < -0.4 is 5.32 Å². The van der Waals surface area contributed by atoms with Gasteiger partial charge in [0.25, 0.3) is 0 Å². The monoisotopic (exact) mass is 278 g/mol. The van der Waals surface area contributed by atoms with Crippen molar-refractivity contribution in [2.45, 2.75) is 25.8 Å². The minimum Gasteiger partial charge on any atom is -0.353 e. The molecule has 1 amide bonds. The molecule has 1 fully saturated rings. The number of hydrogen-bond donors (Lipinski definition) is 1. The van der Waals surface area contributed by atoms with Crippen LogP contribution in [0.4, 0.5) is 4.39 Å². The summed E-state index contributed by atoms with van der Waals surface area (Å²) in [7, 11) is 0. The van der Waals surface area contributed by atoms with Gasteiger partial charge in [-0.25, -0.2) is 4.39 Å². The second-order valence-electron chi connectivity index (χ2n) is 4.99. The summed E-state index contributed by atoms with van der Waals surface area (Å²) < 4.78 is 13.5. The lowest BCUT2D eigenvalue weighted by Crippen LogP contribution is -2.56. The van der Waals surface area contributed by atoms with Gasteiger partial charge >= 0.3 is 0 Å². The Bertz CT molecular complexity index is 504. The number of nitrogens with one attached hydrogen (secondary N) is 1. The number of amides is 1. The van der Waals surface area contributed by atoms with E-state index in [9.17, 15) is 14.0 Å². The number of rotatable bonds is 5. The van der Waals surface area contributed by atoms with Crippen LogP contribution in [0.25, 0.3) is 0 Å². The highest BCUT2D eigenvalue weighted by atomic mass is 19.1. The van der Waals surface area contributed by atoms with Crippen LogP contribution in [-0.4, -0.2) is 42.3 Å². The van der Waals surface area contributed by atoms with Gasteiger partial charge in [-0.05, 0) is 18.1 Å². The number of carbonyl (C=O) groups is 2. The third kappa shape index (κ3) is 3.42. The summed E-state index contributed by atoms with van der Waals surface area (Å²) in [5.74, 6) is -0.454. The van der Waals surface area contributed by atoms with Crippen LogP contribution in [0.5, 0.6) is 0 Å². The maximum absolute atomic E-state index is 13.5. The van der Waals surface area contributed by atoms with Crippen molar-refractivity contribution in [3.8, 4) is 0 Å². The quantitative estimate of drug-likeness (QED) is 0.879. The van der Waals surface area contributed by atoms with Crippen LogP contribution in [0, 0.1) is 5.82 Å². The lowest BCUT2D eigenvalue weighted by molar-refractivity contribution is -0.131. The molecular weight excluding hydrogens is 259 g/mol. The Morgan fingerprint density at radius 2 is 2.20 bits per heavy atom. The molecule has 1 aromatic rings. The van der Waals surface area contributed by atoms with Gasteiger partial charge in [-0.15, -0.1) is 0 Å². The first-order valence-corrected chi connectivity index (χ1v) is 6.88. The first kappa shape index (κ1) is 14.7. The fourth-order valence-electron chi connectivity index (χ4n) is 2.53. The van der Waals surface area contributed by atoms with Crippen LogP contribution in [0.3, 0.4) is 0 Å². The van der Waals surface area contributed by atoms with Crippen molar-refractivity contribution in [2.75, 3.05) is 19.6 Å². The third-order valence-electron chi connectivity index (χ3n) is 3.55. The lowest BCUT2D eigenvalue weighted by atomic mass is 10.1. The van der Waals surface area contributed by atoms with Gasteiger partial charge in [0.15, 0.2) is 5.78 Å². The SMILES string of the molecule is CCC1C(=O)NCCN1CC(=O)Cc1ccccc1F. The van der Waals surface area contributed by atoms with Gasteiger partial charge in [-0.3, -0.25) is 14.5 Å². The molecule has 20 heavy (non-hydrogen) atoms. The van der Waals surface area contributed by atoms with Crippen molar-refractivity contribution in [3.05, 3.63) is 35.6 Å². The number of nitrogens with zero attached hydrogens (tertiary/aromatic N) is 1. The zero-order chi connectivity index (χ0) is 14.5. The molecule has 4 nitrogen and oxygen atoms in total. The minimum absolute atomic E-state index is 0.0301. The minimum atomic E-state index is -0.357. The molecule has 1 saturated heterocycles. The van der Waals surface area contributed by atoms with E-state index in [-0.39, 0.29) is 36.5 Å². The Morgan fingerprint density at radius 1 is 1.45 bits per heavy atom. The third-order valence-corrected chi connectivity index (χ3v) is 3.55. The predicted molar refractivity (Wildman–Crippen MR) is 73.8 cm³/mol. The zero-order valence-corrected chi connectivity index (χ0v) is 11.6. The molecule has 0 aliphatic carbocycles. The second-order valence-corrected chi connectivity index (χ2v) is 4.99. The van der Waals surface area contributed by atoms with E-state index in [4.69, 9.17) is 0 Å². The highest BCUT2D eigenvalue weighted by Crippen LogP contribution is 2.11. The normalized spacial score (nSPS) is 19.7. The van der Waals surface area contributed by atoms with Gasteiger partial charge in [0.2, 0.25) is 5.91 Å². The van der Waals surface area contributed by atoms with Gasteiger partial charge in [-0.2, -0.15) is 0 Å². The molecule has 0 saturated carbocycles. The topological polar surface area (TPSA) is 49.4 Å². The Kier molecular flexibility index (Phi) is 4.84. The zero-order valence-electron chi connectivity index (χ0n) is 11.6. The molecule has 1 aromatic carbocycles. The van der Waals surface area contributed by atoms with E-state index in [0.29, 0.717) is 25.1 Å². The molecule has 1 heterocycles. The van der Waals surface area contributed by atoms with Crippen molar-refractivity contribution in [1.29, 1.82) is 0 Å². The summed E-state index contributed by atoms with van der Waals surface area (Å²) in [4.78, 5) is 25.6. The average Bonchev–Trinajstić information content (AvgIpc) is 2.42. The van der Waals surface area contributed by atoms with E-state index in [1.807, 2.05) is 11.8 Å². The first-order chi connectivity index (χ1) is 9.61. The number of piperazine rings is 1. The van der Waals surface area contributed by atoms with Crippen molar-refractivity contribution < 1.29 is 14.0 Å². The van der Waals surface area contributed by atoms with E-state index in [0.717, 1.165) is 0 Å². The van der Waals surface area contributed by atoms with Crippen molar-refractivity contribution in [3.63, 3.8) is 0 Å².